The minimum atomic E-state index is -0.167. The number of hydrogen-bond donors (Lipinski definition) is 2. The molecule has 0 radical (unpaired) electrons. The number of thiophene rings is 1. The standard InChI is InChI=1S/C14H20N4O2S/c1-3-15-14-16-12(11-4-5-21-13(11)17-14)18-6-9(2)20-10(7-18)8-19/h4-5,9-10,19H,3,6-8H2,1-2H3,(H,15,16,17). The molecule has 0 bridgehead atoms. The maximum absolute atomic E-state index is 9.39. The van der Waals surface area contributed by atoms with Gasteiger partial charge in [-0.2, -0.15) is 4.98 Å². The van der Waals surface area contributed by atoms with Crippen molar-refractivity contribution in [3.05, 3.63) is 11.4 Å². The number of nitrogens with zero attached hydrogens (tertiary/aromatic N) is 3. The highest BCUT2D eigenvalue weighted by atomic mass is 32.1. The number of fused-ring (bicyclic) bond motifs is 1. The van der Waals surface area contributed by atoms with Gasteiger partial charge in [-0.25, -0.2) is 4.98 Å². The summed E-state index contributed by atoms with van der Waals surface area (Å²) in [4.78, 5) is 12.4. The van der Waals surface area contributed by atoms with Gasteiger partial charge in [-0.3, -0.25) is 0 Å². The van der Waals surface area contributed by atoms with Gasteiger partial charge in [0.15, 0.2) is 0 Å². The Morgan fingerprint density at radius 1 is 1.48 bits per heavy atom. The van der Waals surface area contributed by atoms with Crippen LogP contribution in [0.1, 0.15) is 13.8 Å². The minimum Gasteiger partial charge on any atom is -0.394 e. The summed E-state index contributed by atoms with van der Waals surface area (Å²) in [5, 5.41) is 15.7. The topological polar surface area (TPSA) is 70.5 Å². The zero-order chi connectivity index (χ0) is 14.8. The van der Waals surface area contributed by atoms with Crippen LogP contribution < -0.4 is 10.2 Å². The first-order valence-electron chi connectivity index (χ1n) is 7.21. The molecule has 0 spiro atoms. The average molecular weight is 308 g/mol. The second kappa shape index (κ2) is 6.13. The Kier molecular flexibility index (Phi) is 4.23. The van der Waals surface area contributed by atoms with E-state index in [1.54, 1.807) is 11.3 Å². The molecule has 3 heterocycles. The molecular formula is C14H20N4O2S. The molecular weight excluding hydrogens is 288 g/mol. The molecule has 114 valence electrons. The van der Waals surface area contributed by atoms with Crippen LogP contribution in [0.2, 0.25) is 0 Å². The Hall–Kier alpha value is -1.44. The third-order valence-electron chi connectivity index (χ3n) is 3.47. The van der Waals surface area contributed by atoms with Gasteiger partial charge in [0.1, 0.15) is 10.6 Å². The number of anilines is 2. The molecule has 3 rings (SSSR count). The normalized spacial score (nSPS) is 22.7. The second-order valence-electron chi connectivity index (χ2n) is 5.20. The molecule has 1 fully saturated rings. The summed E-state index contributed by atoms with van der Waals surface area (Å²) >= 11 is 1.61. The van der Waals surface area contributed by atoms with Crippen LogP contribution in [0.3, 0.4) is 0 Å². The van der Waals surface area contributed by atoms with Gasteiger partial charge in [-0.1, -0.05) is 0 Å². The van der Waals surface area contributed by atoms with E-state index in [2.05, 4.69) is 26.3 Å². The number of aliphatic hydroxyl groups is 1. The molecule has 2 aromatic rings. The Morgan fingerprint density at radius 3 is 3.10 bits per heavy atom. The lowest BCUT2D eigenvalue weighted by molar-refractivity contribution is -0.0422. The van der Waals surface area contributed by atoms with Crippen molar-refractivity contribution < 1.29 is 9.84 Å². The highest BCUT2D eigenvalue weighted by molar-refractivity contribution is 7.16. The van der Waals surface area contributed by atoms with Gasteiger partial charge < -0.3 is 20.1 Å². The largest absolute Gasteiger partial charge is 0.394 e. The summed E-state index contributed by atoms with van der Waals surface area (Å²) in [5.41, 5.74) is 0. The molecule has 1 aliphatic rings. The van der Waals surface area contributed by atoms with Crippen LogP contribution in [0.15, 0.2) is 11.4 Å². The first-order valence-corrected chi connectivity index (χ1v) is 8.09. The average Bonchev–Trinajstić information content (AvgIpc) is 2.94. The molecule has 1 saturated heterocycles. The Balaban J connectivity index is 1.99. The Morgan fingerprint density at radius 2 is 2.33 bits per heavy atom. The molecule has 0 amide bonds. The molecule has 1 aliphatic heterocycles. The van der Waals surface area contributed by atoms with Gasteiger partial charge in [0.25, 0.3) is 0 Å². The van der Waals surface area contributed by atoms with Gasteiger partial charge in [0.05, 0.1) is 24.2 Å². The van der Waals surface area contributed by atoms with E-state index >= 15 is 0 Å². The van der Waals surface area contributed by atoms with Crippen LogP contribution in [0, 0.1) is 0 Å². The third-order valence-corrected chi connectivity index (χ3v) is 4.28. The summed E-state index contributed by atoms with van der Waals surface area (Å²) in [5.74, 6) is 1.58. The fraction of sp³-hybridized carbons (Fsp3) is 0.571. The maximum Gasteiger partial charge on any atom is 0.226 e. The summed E-state index contributed by atoms with van der Waals surface area (Å²) in [6.45, 7) is 6.28. The number of morpholine rings is 1. The van der Waals surface area contributed by atoms with E-state index in [1.165, 1.54) is 0 Å². The lowest BCUT2D eigenvalue weighted by atomic mass is 10.2. The van der Waals surface area contributed by atoms with Gasteiger partial charge in [-0.15, -0.1) is 11.3 Å². The number of hydrogen-bond acceptors (Lipinski definition) is 7. The fourth-order valence-corrected chi connectivity index (χ4v) is 3.40. The Bertz CT molecular complexity index is 618. The van der Waals surface area contributed by atoms with E-state index in [0.717, 1.165) is 29.1 Å². The first-order chi connectivity index (χ1) is 10.2. The van der Waals surface area contributed by atoms with Crippen LogP contribution in [0.4, 0.5) is 11.8 Å². The van der Waals surface area contributed by atoms with E-state index in [1.807, 2.05) is 19.2 Å². The number of rotatable bonds is 4. The summed E-state index contributed by atoms with van der Waals surface area (Å²) in [7, 11) is 0. The zero-order valence-electron chi connectivity index (χ0n) is 12.2. The van der Waals surface area contributed by atoms with Gasteiger partial charge in [0, 0.05) is 19.6 Å². The summed E-state index contributed by atoms with van der Waals surface area (Å²) < 4.78 is 5.71. The smallest absolute Gasteiger partial charge is 0.226 e. The van der Waals surface area contributed by atoms with Crippen molar-refractivity contribution in [2.75, 3.05) is 36.5 Å². The molecule has 0 aromatic carbocycles. The monoisotopic (exact) mass is 308 g/mol. The van der Waals surface area contributed by atoms with E-state index < -0.39 is 0 Å². The zero-order valence-corrected chi connectivity index (χ0v) is 13.1. The molecule has 6 nitrogen and oxygen atoms in total. The van der Waals surface area contributed by atoms with Crippen LogP contribution in [0.25, 0.3) is 10.2 Å². The van der Waals surface area contributed by atoms with Crippen molar-refractivity contribution in [3.63, 3.8) is 0 Å². The molecule has 2 N–H and O–H groups in total. The van der Waals surface area contributed by atoms with E-state index in [9.17, 15) is 5.11 Å². The predicted octanol–water partition coefficient (Wildman–Crippen LogP) is 1.71. The molecule has 0 aliphatic carbocycles. The van der Waals surface area contributed by atoms with Crippen molar-refractivity contribution in [1.82, 2.24) is 9.97 Å². The molecule has 7 heteroatoms. The summed E-state index contributed by atoms with van der Waals surface area (Å²) in [6.07, 6.45) is -0.0953. The molecule has 0 saturated carbocycles. The van der Waals surface area contributed by atoms with E-state index in [-0.39, 0.29) is 18.8 Å². The third kappa shape index (κ3) is 2.95. The number of aromatic nitrogens is 2. The van der Waals surface area contributed by atoms with Crippen molar-refractivity contribution >= 4 is 33.3 Å². The SMILES string of the molecule is CCNc1nc(N2CC(C)OC(CO)C2)c2ccsc2n1. The number of aliphatic hydroxyl groups excluding tert-OH is 1. The number of ether oxygens (including phenoxy) is 1. The van der Waals surface area contributed by atoms with Crippen LogP contribution in [-0.2, 0) is 4.74 Å². The van der Waals surface area contributed by atoms with Crippen molar-refractivity contribution in [2.45, 2.75) is 26.1 Å². The molecule has 2 unspecified atom stereocenters. The van der Waals surface area contributed by atoms with Gasteiger partial charge >= 0.3 is 0 Å². The number of nitrogens with one attached hydrogen (secondary N) is 1. The van der Waals surface area contributed by atoms with E-state index in [4.69, 9.17) is 4.74 Å². The summed E-state index contributed by atoms with van der Waals surface area (Å²) in [6, 6.07) is 2.05. The molecule has 21 heavy (non-hydrogen) atoms. The highest BCUT2D eigenvalue weighted by Gasteiger charge is 2.27. The van der Waals surface area contributed by atoms with Crippen LogP contribution in [0.5, 0.6) is 0 Å². The minimum absolute atomic E-state index is 0.0266. The van der Waals surface area contributed by atoms with Gasteiger partial charge in [-0.05, 0) is 25.3 Å². The fourth-order valence-electron chi connectivity index (χ4n) is 2.64. The Labute approximate surface area is 127 Å². The lowest BCUT2D eigenvalue weighted by Crippen LogP contribution is -2.48. The maximum atomic E-state index is 9.39. The predicted molar refractivity (Wildman–Crippen MR) is 85.2 cm³/mol. The first kappa shape index (κ1) is 14.5. The molecule has 2 aromatic heterocycles. The van der Waals surface area contributed by atoms with Crippen LogP contribution in [-0.4, -0.2) is 53.5 Å². The lowest BCUT2D eigenvalue weighted by Gasteiger charge is -2.37. The van der Waals surface area contributed by atoms with Crippen LogP contribution >= 0.6 is 11.3 Å². The second-order valence-corrected chi connectivity index (χ2v) is 6.09. The highest BCUT2D eigenvalue weighted by Crippen LogP contribution is 2.30. The van der Waals surface area contributed by atoms with Gasteiger partial charge in [0.2, 0.25) is 5.95 Å². The van der Waals surface area contributed by atoms with Crippen molar-refractivity contribution in [3.8, 4) is 0 Å². The molecule has 2 atom stereocenters. The quantitative estimate of drug-likeness (QED) is 0.896. The van der Waals surface area contributed by atoms with E-state index in [0.29, 0.717) is 12.5 Å². The van der Waals surface area contributed by atoms with Crippen molar-refractivity contribution in [2.24, 2.45) is 0 Å². The van der Waals surface area contributed by atoms with Crippen molar-refractivity contribution in [1.29, 1.82) is 0 Å².